The minimum atomic E-state index is -0.175. The summed E-state index contributed by atoms with van der Waals surface area (Å²) in [6.07, 6.45) is 0. The summed E-state index contributed by atoms with van der Waals surface area (Å²) in [7, 11) is 1.64. The van der Waals surface area contributed by atoms with Gasteiger partial charge in [0.25, 0.3) is 5.91 Å². The lowest BCUT2D eigenvalue weighted by Crippen LogP contribution is -2.34. The molecule has 0 spiro atoms. The largest absolute Gasteiger partial charge is 0.392 e. The Morgan fingerprint density at radius 2 is 2.27 bits per heavy atom. The van der Waals surface area contributed by atoms with Gasteiger partial charge in [-0.2, -0.15) is 0 Å². The average molecular weight is 223 g/mol. The van der Waals surface area contributed by atoms with Crippen LogP contribution in [-0.2, 0) is 0 Å². The molecule has 0 aliphatic rings. The van der Waals surface area contributed by atoms with Crippen LogP contribution in [0.4, 0.5) is 0 Å². The van der Waals surface area contributed by atoms with Crippen LogP contribution in [0.25, 0.3) is 0 Å². The first-order valence-electron chi connectivity index (χ1n) is 4.48. The smallest absolute Gasteiger partial charge is 0.272 e. The van der Waals surface area contributed by atoms with Crippen molar-refractivity contribution in [3.05, 3.63) is 29.6 Å². The van der Waals surface area contributed by atoms with Gasteiger partial charge in [-0.05, 0) is 19.1 Å². The molecule has 5 heteroatoms. The molecule has 0 atom stereocenters. The summed E-state index contributed by atoms with van der Waals surface area (Å²) in [5.41, 5.74) is 6.58. The normalized spacial score (nSPS) is 9.73. The molecule has 1 amide bonds. The molecule has 1 heterocycles. The average Bonchev–Trinajstić information content (AvgIpc) is 2.15. The molecule has 1 aromatic heterocycles. The van der Waals surface area contributed by atoms with Crippen molar-refractivity contribution in [1.82, 2.24) is 9.88 Å². The van der Waals surface area contributed by atoms with Crippen molar-refractivity contribution in [3.63, 3.8) is 0 Å². The Morgan fingerprint density at radius 3 is 2.80 bits per heavy atom. The van der Waals surface area contributed by atoms with Gasteiger partial charge in [0.1, 0.15) is 5.69 Å². The number of hydrogen-bond acceptors (Lipinski definition) is 3. The number of aromatic nitrogens is 1. The number of aryl methyl sites for hydroxylation is 1. The first kappa shape index (κ1) is 11.6. The Kier molecular flexibility index (Phi) is 3.74. The van der Waals surface area contributed by atoms with Crippen LogP contribution in [0.2, 0.25) is 0 Å². The maximum Gasteiger partial charge on any atom is 0.272 e. The third kappa shape index (κ3) is 3.28. The summed E-state index contributed by atoms with van der Waals surface area (Å²) >= 11 is 4.73. The molecular weight excluding hydrogens is 210 g/mol. The highest BCUT2D eigenvalue weighted by atomic mass is 32.1. The Labute approximate surface area is 94.1 Å². The lowest BCUT2D eigenvalue weighted by Gasteiger charge is -2.15. The van der Waals surface area contributed by atoms with Gasteiger partial charge >= 0.3 is 0 Å². The van der Waals surface area contributed by atoms with E-state index >= 15 is 0 Å². The van der Waals surface area contributed by atoms with E-state index < -0.39 is 0 Å². The minimum absolute atomic E-state index is 0.175. The van der Waals surface area contributed by atoms with Crippen LogP contribution in [0.1, 0.15) is 16.2 Å². The lowest BCUT2D eigenvalue weighted by molar-refractivity contribution is 0.0809. The third-order valence-electron chi connectivity index (χ3n) is 1.85. The number of amides is 1. The van der Waals surface area contributed by atoms with Crippen molar-refractivity contribution in [2.45, 2.75) is 6.92 Å². The van der Waals surface area contributed by atoms with Gasteiger partial charge < -0.3 is 10.6 Å². The molecule has 0 saturated heterocycles. The van der Waals surface area contributed by atoms with Gasteiger partial charge in [-0.3, -0.25) is 4.79 Å². The number of likely N-dealkylation sites (N-methyl/N-ethyl adjacent to an activating group) is 1. The maximum absolute atomic E-state index is 11.8. The molecular formula is C10H13N3OS. The number of pyridine rings is 1. The van der Waals surface area contributed by atoms with E-state index in [0.717, 1.165) is 5.69 Å². The highest BCUT2D eigenvalue weighted by Crippen LogP contribution is 2.01. The molecule has 0 fully saturated rings. The zero-order chi connectivity index (χ0) is 11.4. The van der Waals surface area contributed by atoms with Crippen LogP contribution in [0.5, 0.6) is 0 Å². The van der Waals surface area contributed by atoms with Crippen LogP contribution in [0, 0.1) is 6.92 Å². The number of hydrogen-bond donors (Lipinski definition) is 1. The molecule has 1 rings (SSSR count). The number of nitrogens with two attached hydrogens (primary N) is 1. The van der Waals surface area contributed by atoms with Crippen molar-refractivity contribution >= 4 is 23.1 Å². The lowest BCUT2D eigenvalue weighted by atomic mass is 10.3. The van der Waals surface area contributed by atoms with Crippen LogP contribution in [-0.4, -0.2) is 34.4 Å². The monoisotopic (exact) mass is 223 g/mol. The summed E-state index contributed by atoms with van der Waals surface area (Å²) in [6, 6.07) is 5.31. The van der Waals surface area contributed by atoms with Gasteiger partial charge in [-0.15, -0.1) is 0 Å². The molecule has 0 aliphatic heterocycles. The van der Waals surface area contributed by atoms with E-state index in [-0.39, 0.29) is 12.5 Å². The molecule has 0 aliphatic carbocycles. The van der Waals surface area contributed by atoms with Crippen molar-refractivity contribution in [2.75, 3.05) is 13.6 Å². The van der Waals surface area contributed by atoms with E-state index in [0.29, 0.717) is 10.7 Å². The van der Waals surface area contributed by atoms with Crippen molar-refractivity contribution in [1.29, 1.82) is 0 Å². The molecule has 0 saturated carbocycles. The zero-order valence-electron chi connectivity index (χ0n) is 8.73. The molecule has 2 N–H and O–H groups in total. The summed E-state index contributed by atoms with van der Waals surface area (Å²) in [5.74, 6) is -0.175. The zero-order valence-corrected chi connectivity index (χ0v) is 9.54. The minimum Gasteiger partial charge on any atom is -0.392 e. The Balaban J connectivity index is 2.80. The Hall–Kier alpha value is -1.49. The molecule has 4 nitrogen and oxygen atoms in total. The number of thiocarbonyl (C=S) groups is 1. The number of carbonyl (C=O) groups is 1. The Bertz CT molecular complexity index is 392. The van der Waals surface area contributed by atoms with E-state index in [9.17, 15) is 4.79 Å². The summed E-state index contributed by atoms with van der Waals surface area (Å²) in [5, 5.41) is 0. The second-order valence-corrected chi connectivity index (χ2v) is 3.82. The maximum atomic E-state index is 11.8. The van der Waals surface area contributed by atoms with E-state index in [1.807, 2.05) is 13.0 Å². The number of rotatable bonds is 3. The summed E-state index contributed by atoms with van der Waals surface area (Å²) in [4.78, 5) is 17.6. The molecule has 1 aromatic rings. The van der Waals surface area contributed by atoms with Crippen LogP contribution in [0.3, 0.4) is 0 Å². The van der Waals surface area contributed by atoms with Gasteiger partial charge in [0.05, 0.1) is 11.5 Å². The SMILES string of the molecule is Cc1cccc(C(=O)N(C)CC(N)=S)n1. The second-order valence-electron chi connectivity index (χ2n) is 3.29. The topological polar surface area (TPSA) is 59.2 Å². The van der Waals surface area contributed by atoms with Crippen molar-refractivity contribution < 1.29 is 4.79 Å². The molecule has 0 unspecified atom stereocenters. The van der Waals surface area contributed by atoms with Gasteiger partial charge in [-0.1, -0.05) is 18.3 Å². The molecule has 0 bridgehead atoms. The third-order valence-corrected chi connectivity index (χ3v) is 1.98. The first-order valence-corrected chi connectivity index (χ1v) is 4.89. The number of nitrogens with zero attached hydrogens (tertiary/aromatic N) is 2. The molecule has 0 radical (unpaired) electrons. The van der Waals surface area contributed by atoms with Gasteiger partial charge in [0, 0.05) is 12.7 Å². The van der Waals surface area contributed by atoms with E-state index in [2.05, 4.69) is 4.98 Å². The summed E-state index contributed by atoms with van der Waals surface area (Å²) < 4.78 is 0. The Morgan fingerprint density at radius 1 is 1.60 bits per heavy atom. The van der Waals surface area contributed by atoms with Crippen LogP contribution >= 0.6 is 12.2 Å². The van der Waals surface area contributed by atoms with Crippen LogP contribution < -0.4 is 5.73 Å². The molecule has 80 valence electrons. The standard InChI is InChI=1S/C10H13N3OS/c1-7-4-3-5-8(12-7)10(14)13(2)6-9(11)15/h3-5H,6H2,1-2H3,(H2,11,15). The highest BCUT2D eigenvalue weighted by molar-refractivity contribution is 7.80. The van der Waals surface area contributed by atoms with Gasteiger partial charge in [0.2, 0.25) is 0 Å². The van der Waals surface area contributed by atoms with Crippen LogP contribution in [0.15, 0.2) is 18.2 Å². The van der Waals surface area contributed by atoms with Crippen molar-refractivity contribution in [3.8, 4) is 0 Å². The van der Waals surface area contributed by atoms with E-state index in [1.54, 1.807) is 19.2 Å². The fraction of sp³-hybridized carbons (Fsp3) is 0.300. The summed E-state index contributed by atoms with van der Waals surface area (Å²) in [6.45, 7) is 2.11. The van der Waals surface area contributed by atoms with Gasteiger partial charge in [0.15, 0.2) is 0 Å². The quantitative estimate of drug-likeness (QED) is 0.768. The van der Waals surface area contributed by atoms with E-state index in [1.165, 1.54) is 4.90 Å². The first-order chi connectivity index (χ1) is 7.00. The highest BCUT2D eigenvalue weighted by Gasteiger charge is 2.13. The fourth-order valence-corrected chi connectivity index (χ4v) is 1.36. The van der Waals surface area contributed by atoms with E-state index in [4.69, 9.17) is 18.0 Å². The predicted molar refractivity (Wildman–Crippen MR) is 62.7 cm³/mol. The van der Waals surface area contributed by atoms with Gasteiger partial charge in [-0.25, -0.2) is 4.98 Å². The molecule has 0 aromatic carbocycles. The second kappa shape index (κ2) is 4.84. The molecule has 15 heavy (non-hydrogen) atoms. The van der Waals surface area contributed by atoms with Crippen molar-refractivity contribution in [2.24, 2.45) is 5.73 Å². The number of carbonyl (C=O) groups excluding carboxylic acids is 1. The fourth-order valence-electron chi connectivity index (χ4n) is 1.16. The predicted octanol–water partition coefficient (Wildman–Crippen LogP) is 0.748.